The van der Waals surface area contributed by atoms with Crippen molar-refractivity contribution >= 4 is 35.0 Å². The lowest BCUT2D eigenvalue weighted by atomic mass is 10.3. The Balaban J connectivity index is 2.41. The molecule has 6 heteroatoms. The van der Waals surface area contributed by atoms with E-state index in [0.29, 0.717) is 15.4 Å². The van der Waals surface area contributed by atoms with Gasteiger partial charge in [0, 0.05) is 11.2 Å². The molecule has 2 aromatic heterocycles. The van der Waals surface area contributed by atoms with Crippen LogP contribution in [-0.2, 0) is 0 Å². The molecule has 0 radical (unpaired) electrons. The standard InChI is InChI=1S/C12H7ClFN3S/c13-7-3-4-8(14)10(6-7)17-11-9(16-12(17)18)2-1-5-15-11/h1-6H,(H,16,18). The van der Waals surface area contributed by atoms with Gasteiger partial charge in [-0.15, -0.1) is 0 Å². The van der Waals surface area contributed by atoms with Crippen LogP contribution in [0.1, 0.15) is 0 Å². The molecule has 0 atom stereocenters. The number of fused-ring (bicyclic) bond motifs is 1. The van der Waals surface area contributed by atoms with Crippen LogP contribution >= 0.6 is 23.8 Å². The fraction of sp³-hybridized carbons (Fsp3) is 0. The van der Waals surface area contributed by atoms with Crippen molar-refractivity contribution in [1.29, 1.82) is 0 Å². The summed E-state index contributed by atoms with van der Waals surface area (Å²) in [6, 6.07) is 7.94. The van der Waals surface area contributed by atoms with Crippen LogP contribution < -0.4 is 0 Å². The molecule has 0 aliphatic carbocycles. The van der Waals surface area contributed by atoms with Crippen LogP contribution in [0.4, 0.5) is 4.39 Å². The van der Waals surface area contributed by atoms with Gasteiger partial charge < -0.3 is 4.98 Å². The first-order valence-electron chi connectivity index (χ1n) is 5.18. The predicted octanol–water partition coefficient (Wildman–Crippen LogP) is 3.88. The lowest BCUT2D eigenvalue weighted by Gasteiger charge is -2.05. The molecule has 18 heavy (non-hydrogen) atoms. The molecule has 0 saturated heterocycles. The van der Waals surface area contributed by atoms with E-state index in [4.69, 9.17) is 23.8 Å². The summed E-state index contributed by atoms with van der Waals surface area (Å²) in [4.78, 5) is 7.18. The first-order valence-corrected chi connectivity index (χ1v) is 5.96. The average molecular weight is 280 g/mol. The van der Waals surface area contributed by atoms with Gasteiger partial charge in [0.25, 0.3) is 0 Å². The third-order valence-electron chi connectivity index (χ3n) is 2.59. The van der Waals surface area contributed by atoms with Gasteiger partial charge in [-0.25, -0.2) is 9.37 Å². The minimum absolute atomic E-state index is 0.289. The summed E-state index contributed by atoms with van der Waals surface area (Å²) in [5, 5.41) is 0.443. The van der Waals surface area contributed by atoms with Gasteiger partial charge in [0.15, 0.2) is 10.4 Å². The molecule has 0 aliphatic heterocycles. The molecular formula is C12H7ClFN3S. The Morgan fingerprint density at radius 3 is 3.00 bits per heavy atom. The van der Waals surface area contributed by atoms with Crippen LogP contribution in [0, 0.1) is 10.6 Å². The molecule has 1 N–H and O–H groups in total. The highest BCUT2D eigenvalue weighted by atomic mass is 35.5. The maximum Gasteiger partial charge on any atom is 0.184 e. The van der Waals surface area contributed by atoms with Crippen LogP contribution in [0.25, 0.3) is 16.9 Å². The highest BCUT2D eigenvalue weighted by Gasteiger charge is 2.11. The van der Waals surface area contributed by atoms with Gasteiger partial charge >= 0.3 is 0 Å². The predicted molar refractivity (Wildman–Crippen MR) is 71.2 cm³/mol. The molecule has 0 amide bonds. The second-order valence-electron chi connectivity index (χ2n) is 3.74. The maximum atomic E-state index is 13.9. The Kier molecular flexibility index (Phi) is 2.65. The molecule has 0 aliphatic rings. The number of pyridine rings is 1. The first kappa shape index (κ1) is 11.4. The smallest absolute Gasteiger partial charge is 0.184 e. The highest BCUT2D eigenvalue weighted by molar-refractivity contribution is 7.71. The van der Waals surface area contributed by atoms with Crippen molar-refractivity contribution in [3.63, 3.8) is 0 Å². The average Bonchev–Trinajstić information content (AvgIpc) is 2.68. The zero-order valence-electron chi connectivity index (χ0n) is 9.02. The summed E-state index contributed by atoms with van der Waals surface area (Å²) in [7, 11) is 0. The molecule has 1 aromatic carbocycles. The van der Waals surface area contributed by atoms with Crippen molar-refractivity contribution in [3.05, 3.63) is 52.1 Å². The van der Waals surface area contributed by atoms with Crippen LogP contribution in [-0.4, -0.2) is 14.5 Å². The van der Waals surface area contributed by atoms with Gasteiger partial charge in [-0.2, -0.15) is 0 Å². The van der Waals surface area contributed by atoms with E-state index in [1.54, 1.807) is 12.3 Å². The zero-order chi connectivity index (χ0) is 12.7. The topological polar surface area (TPSA) is 33.6 Å². The lowest BCUT2D eigenvalue weighted by Crippen LogP contribution is -1.98. The summed E-state index contributed by atoms with van der Waals surface area (Å²) in [5.74, 6) is -0.401. The molecule has 3 rings (SSSR count). The number of aromatic amines is 1. The third-order valence-corrected chi connectivity index (χ3v) is 3.11. The van der Waals surface area contributed by atoms with Crippen molar-refractivity contribution < 1.29 is 4.39 Å². The van der Waals surface area contributed by atoms with Crippen molar-refractivity contribution in [3.8, 4) is 5.69 Å². The van der Waals surface area contributed by atoms with Crippen LogP contribution in [0.5, 0.6) is 0 Å². The van der Waals surface area contributed by atoms with E-state index in [-0.39, 0.29) is 5.69 Å². The second kappa shape index (κ2) is 4.19. The van der Waals surface area contributed by atoms with Crippen molar-refractivity contribution in [2.24, 2.45) is 0 Å². The number of halogens is 2. The number of hydrogen-bond acceptors (Lipinski definition) is 2. The van der Waals surface area contributed by atoms with Gasteiger partial charge in [0.2, 0.25) is 0 Å². The quantitative estimate of drug-likeness (QED) is 0.686. The van der Waals surface area contributed by atoms with Gasteiger partial charge in [0.1, 0.15) is 5.82 Å². The first-order chi connectivity index (χ1) is 8.66. The molecule has 2 heterocycles. The highest BCUT2D eigenvalue weighted by Crippen LogP contribution is 2.23. The molecule has 3 nitrogen and oxygen atoms in total. The number of nitrogens with one attached hydrogen (secondary N) is 1. The summed E-state index contributed by atoms with van der Waals surface area (Å²) < 4.78 is 15.8. The monoisotopic (exact) mass is 279 g/mol. The summed E-state index contributed by atoms with van der Waals surface area (Å²) in [6.07, 6.45) is 1.63. The van der Waals surface area contributed by atoms with Crippen LogP contribution in [0.2, 0.25) is 5.02 Å². The molecule has 90 valence electrons. The molecule has 0 unspecified atom stereocenters. The Morgan fingerprint density at radius 1 is 1.33 bits per heavy atom. The van der Waals surface area contributed by atoms with Gasteiger partial charge in [-0.05, 0) is 42.5 Å². The zero-order valence-corrected chi connectivity index (χ0v) is 10.6. The third kappa shape index (κ3) is 1.72. The second-order valence-corrected chi connectivity index (χ2v) is 4.56. The van der Waals surface area contributed by atoms with Crippen molar-refractivity contribution in [2.75, 3.05) is 0 Å². The Labute approximate surface area is 112 Å². The van der Waals surface area contributed by atoms with Gasteiger partial charge in [0.05, 0.1) is 11.2 Å². The van der Waals surface area contributed by atoms with Crippen LogP contribution in [0.15, 0.2) is 36.5 Å². The number of imidazole rings is 1. The van der Waals surface area contributed by atoms with Crippen molar-refractivity contribution in [2.45, 2.75) is 0 Å². The molecule has 0 saturated carbocycles. The maximum absolute atomic E-state index is 13.9. The summed E-state index contributed by atoms with van der Waals surface area (Å²) >= 11 is 11.1. The Morgan fingerprint density at radius 2 is 2.17 bits per heavy atom. The number of rotatable bonds is 1. The number of H-pyrrole nitrogens is 1. The molecule has 0 spiro atoms. The molecule has 3 aromatic rings. The number of aromatic nitrogens is 3. The summed E-state index contributed by atoms with van der Waals surface area (Å²) in [6.45, 7) is 0. The van der Waals surface area contributed by atoms with E-state index in [2.05, 4.69) is 9.97 Å². The van der Waals surface area contributed by atoms with Gasteiger partial charge in [-0.3, -0.25) is 4.57 Å². The van der Waals surface area contributed by atoms with Crippen molar-refractivity contribution in [1.82, 2.24) is 14.5 Å². The Hall–Kier alpha value is -1.72. The Bertz CT molecular complexity index is 793. The largest absolute Gasteiger partial charge is 0.329 e. The van der Waals surface area contributed by atoms with Gasteiger partial charge in [-0.1, -0.05) is 11.6 Å². The number of hydrogen-bond donors (Lipinski definition) is 1. The van der Waals surface area contributed by atoms with E-state index in [1.807, 2.05) is 6.07 Å². The lowest BCUT2D eigenvalue weighted by molar-refractivity contribution is 0.618. The van der Waals surface area contributed by atoms with E-state index in [1.165, 1.54) is 22.8 Å². The van der Waals surface area contributed by atoms with E-state index in [9.17, 15) is 4.39 Å². The van der Waals surface area contributed by atoms with E-state index >= 15 is 0 Å². The fourth-order valence-electron chi connectivity index (χ4n) is 1.82. The minimum Gasteiger partial charge on any atom is -0.329 e. The molecular weight excluding hydrogens is 273 g/mol. The molecule has 0 bridgehead atoms. The normalized spacial score (nSPS) is 11.0. The number of benzene rings is 1. The summed E-state index contributed by atoms with van der Waals surface area (Å²) in [5.41, 5.74) is 1.61. The minimum atomic E-state index is -0.401. The molecule has 0 fully saturated rings. The van der Waals surface area contributed by atoms with Crippen LogP contribution in [0.3, 0.4) is 0 Å². The SMILES string of the molecule is Fc1ccc(Cl)cc1-n1c(=S)[nH]c2cccnc21. The number of nitrogens with zero attached hydrogens (tertiary/aromatic N) is 2. The van der Waals surface area contributed by atoms with E-state index in [0.717, 1.165) is 5.52 Å². The van der Waals surface area contributed by atoms with E-state index < -0.39 is 5.82 Å². The fourth-order valence-corrected chi connectivity index (χ4v) is 2.28.